The molecule has 0 bridgehead atoms. The van der Waals surface area contributed by atoms with Gasteiger partial charge in [0.1, 0.15) is 11.2 Å². The quantitative estimate of drug-likeness (QED) is 0.186. The van der Waals surface area contributed by atoms with E-state index in [1.165, 1.54) is 71.6 Å². The number of aromatic nitrogens is 2. The molecule has 0 amide bonds. The van der Waals surface area contributed by atoms with Gasteiger partial charge in [-0.15, -0.1) is 0 Å². The predicted octanol–water partition coefficient (Wildman–Crippen LogP) is 13.1. The molecule has 8 aromatic carbocycles. The Labute approximate surface area is 293 Å². The Hall–Kier alpha value is -6.84. The van der Waals surface area contributed by atoms with Gasteiger partial charge in [0, 0.05) is 43.7 Å². The summed E-state index contributed by atoms with van der Waals surface area (Å²) >= 11 is 0. The predicted molar refractivity (Wildman–Crippen MR) is 213 cm³/mol. The molecule has 11 aromatic rings. The minimum Gasteiger partial charge on any atom is -0.456 e. The summed E-state index contributed by atoms with van der Waals surface area (Å²) in [5.74, 6) is 0. The van der Waals surface area contributed by atoms with Crippen molar-refractivity contribution in [3.8, 4) is 33.6 Å². The minimum absolute atomic E-state index is 0.912. The van der Waals surface area contributed by atoms with Crippen LogP contribution in [0.1, 0.15) is 0 Å². The fourth-order valence-electron chi connectivity index (χ4n) is 8.17. The third-order valence-corrected chi connectivity index (χ3v) is 10.5. The first-order chi connectivity index (χ1) is 25.3. The van der Waals surface area contributed by atoms with Crippen molar-refractivity contribution in [1.82, 2.24) is 9.13 Å². The summed E-state index contributed by atoms with van der Waals surface area (Å²) < 4.78 is 10.9. The van der Waals surface area contributed by atoms with Crippen LogP contribution in [0.2, 0.25) is 0 Å². The molecule has 51 heavy (non-hydrogen) atoms. The standard InChI is InChI=1S/C48H30N2O/c1-2-12-35(13-3-1)49-43-18-7-4-15-37(43)40-28-32(21-24-45(40)49)33-22-25-46-41(29-33)38-16-5-8-19-44(38)50(46)36-14-10-11-31(27-36)34-23-26-48-42(30-34)39-17-6-9-20-47(39)51-48/h1-30H. The monoisotopic (exact) mass is 650 g/mol. The third kappa shape index (κ3) is 4.25. The lowest BCUT2D eigenvalue weighted by Crippen LogP contribution is -1.94. The average molecular weight is 651 g/mol. The van der Waals surface area contributed by atoms with Gasteiger partial charge in [-0.05, 0) is 101 Å². The number of hydrogen-bond donors (Lipinski definition) is 0. The summed E-state index contributed by atoms with van der Waals surface area (Å²) in [6.45, 7) is 0. The number of para-hydroxylation sites is 4. The lowest BCUT2D eigenvalue weighted by molar-refractivity contribution is 0.669. The van der Waals surface area contributed by atoms with Crippen molar-refractivity contribution in [2.24, 2.45) is 0 Å². The zero-order valence-corrected chi connectivity index (χ0v) is 27.6. The first kappa shape index (κ1) is 28.0. The Balaban J connectivity index is 1.06. The van der Waals surface area contributed by atoms with Gasteiger partial charge in [0.05, 0.1) is 22.1 Å². The van der Waals surface area contributed by atoms with Crippen molar-refractivity contribution in [3.05, 3.63) is 182 Å². The van der Waals surface area contributed by atoms with Crippen molar-refractivity contribution in [2.45, 2.75) is 0 Å². The Morgan fingerprint density at radius 1 is 0.275 bits per heavy atom. The number of furan rings is 1. The van der Waals surface area contributed by atoms with Crippen LogP contribution >= 0.6 is 0 Å². The molecule has 3 nitrogen and oxygen atoms in total. The normalized spacial score (nSPS) is 11.9. The molecule has 0 radical (unpaired) electrons. The van der Waals surface area contributed by atoms with Crippen LogP contribution in [0.3, 0.4) is 0 Å². The van der Waals surface area contributed by atoms with E-state index in [0.29, 0.717) is 0 Å². The maximum absolute atomic E-state index is 6.12. The van der Waals surface area contributed by atoms with E-state index in [-0.39, 0.29) is 0 Å². The molecule has 0 saturated carbocycles. The highest BCUT2D eigenvalue weighted by Gasteiger charge is 2.17. The van der Waals surface area contributed by atoms with Gasteiger partial charge < -0.3 is 13.6 Å². The average Bonchev–Trinajstić information content (AvgIpc) is 3.85. The third-order valence-electron chi connectivity index (χ3n) is 10.5. The second kappa shape index (κ2) is 10.8. The Bertz CT molecular complexity index is 3140. The van der Waals surface area contributed by atoms with Gasteiger partial charge in [0.15, 0.2) is 0 Å². The van der Waals surface area contributed by atoms with Crippen molar-refractivity contribution in [1.29, 1.82) is 0 Å². The minimum atomic E-state index is 0.912. The summed E-state index contributed by atoms with van der Waals surface area (Å²) in [6.07, 6.45) is 0. The van der Waals surface area contributed by atoms with Gasteiger partial charge in [0.25, 0.3) is 0 Å². The second-order valence-corrected chi connectivity index (χ2v) is 13.4. The van der Waals surface area contributed by atoms with Gasteiger partial charge in [-0.1, -0.05) is 103 Å². The lowest BCUT2D eigenvalue weighted by atomic mass is 10.0. The zero-order valence-electron chi connectivity index (χ0n) is 27.6. The van der Waals surface area contributed by atoms with E-state index < -0.39 is 0 Å². The summed E-state index contributed by atoms with van der Waals surface area (Å²) in [6, 6.07) is 65.6. The molecule has 0 fully saturated rings. The summed E-state index contributed by atoms with van der Waals surface area (Å²) in [5.41, 5.74) is 13.7. The van der Waals surface area contributed by atoms with E-state index in [0.717, 1.165) is 27.6 Å². The molecule has 0 atom stereocenters. The van der Waals surface area contributed by atoms with Crippen molar-refractivity contribution in [3.63, 3.8) is 0 Å². The molecular weight excluding hydrogens is 621 g/mol. The van der Waals surface area contributed by atoms with Gasteiger partial charge >= 0.3 is 0 Å². The van der Waals surface area contributed by atoms with E-state index in [4.69, 9.17) is 4.42 Å². The van der Waals surface area contributed by atoms with E-state index in [1.807, 2.05) is 12.1 Å². The first-order valence-corrected chi connectivity index (χ1v) is 17.4. The summed E-state index contributed by atoms with van der Waals surface area (Å²) in [5, 5.41) is 7.29. The topological polar surface area (TPSA) is 23.0 Å². The summed E-state index contributed by atoms with van der Waals surface area (Å²) in [7, 11) is 0. The fourth-order valence-corrected chi connectivity index (χ4v) is 8.17. The van der Waals surface area contributed by atoms with Crippen LogP contribution in [0.4, 0.5) is 0 Å². The van der Waals surface area contributed by atoms with E-state index >= 15 is 0 Å². The van der Waals surface area contributed by atoms with Crippen LogP contribution in [0.5, 0.6) is 0 Å². The Morgan fingerprint density at radius 3 is 1.43 bits per heavy atom. The number of rotatable bonds is 4. The Kier molecular flexibility index (Phi) is 5.96. The van der Waals surface area contributed by atoms with Gasteiger partial charge in [0.2, 0.25) is 0 Å². The van der Waals surface area contributed by atoms with Gasteiger partial charge in [-0.25, -0.2) is 0 Å². The highest BCUT2D eigenvalue weighted by Crippen LogP contribution is 2.39. The van der Waals surface area contributed by atoms with Crippen LogP contribution in [0.25, 0.3) is 99.2 Å². The van der Waals surface area contributed by atoms with Crippen LogP contribution < -0.4 is 0 Å². The lowest BCUT2D eigenvalue weighted by Gasteiger charge is -2.11. The molecule has 0 unspecified atom stereocenters. The highest BCUT2D eigenvalue weighted by molar-refractivity contribution is 6.13. The Morgan fingerprint density at radius 2 is 0.745 bits per heavy atom. The molecular formula is C48H30N2O. The molecule has 11 rings (SSSR count). The maximum atomic E-state index is 6.12. The van der Waals surface area contributed by atoms with E-state index in [9.17, 15) is 0 Å². The number of fused-ring (bicyclic) bond motifs is 9. The number of hydrogen-bond acceptors (Lipinski definition) is 1. The van der Waals surface area contributed by atoms with Gasteiger partial charge in [-0.3, -0.25) is 0 Å². The molecule has 0 saturated heterocycles. The molecule has 0 aliphatic carbocycles. The molecule has 0 N–H and O–H groups in total. The largest absolute Gasteiger partial charge is 0.456 e. The van der Waals surface area contributed by atoms with Crippen LogP contribution in [0.15, 0.2) is 186 Å². The molecule has 3 heteroatoms. The highest BCUT2D eigenvalue weighted by atomic mass is 16.3. The van der Waals surface area contributed by atoms with Crippen molar-refractivity contribution in [2.75, 3.05) is 0 Å². The van der Waals surface area contributed by atoms with Gasteiger partial charge in [-0.2, -0.15) is 0 Å². The molecule has 0 aliphatic rings. The van der Waals surface area contributed by atoms with Crippen molar-refractivity contribution < 1.29 is 4.42 Å². The summed E-state index contributed by atoms with van der Waals surface area (Å²) in [4.78, 5) is 0. The molecule has 3 aromatic heterocycles. The SMILES string of the molecule is c1ccc(-n2c3ccccc3c3cc(-c4ccc5c(c4)c4ccccc4n5-c4cccc(-c5ccc6oc7ccccc7c6c5)c4)ccc32)cc1. The van der Waals surface area contributed by atoms with E-state index in [1.54, 1.807) is 0 Å². The number of nitrogens with zero attached hydrogens (tertiary/aromatic N) is 2. The molecule has 238 valence electrons. The van der Waals surface area contributed by atoms with Crippen molar-refractivity contribution >= 4 is 65.6 Å². The second-order valence-electron chi connectivity index (χ2n) is 13.4. The van der Waals surface area contributed by atoms with Crippen LogP contribution in [-0.2, 0) is 0 Å². The smallest absolute Gasteiger partial charge is 0.135 e. The maximum Gasteiger partial charge on any atom is 0.135 e. The molecule has 0 aliphatic heterocycles. The molecule has 0 spiro atoms. The molecule has 3 heterocycles. The fraction of sp³-hybridized carbons (Fsp3) is 0. The van der Waals surface area contributed by atoms with E-state index in [2.05, 4.69) is 179 Å². The number of benzene rings is 8. The zero-order chi connectivity index (χ0) is 33.5. The van der Waals surface area contributed by atoms with Crippen LogP contribution in [-0.4, -0.2) is 9.13 Å². The first-order valence-electron chi connectivity index (χ1n) is 17.4. The van der Waals surface area contributed by atoms with Crippen LogP contribution in [0, 0.1) is 0 Å².